The van der Waals surface area contributed by atoms with E-state index in [1.54, 1.807) is 24.3 Å². The highest BCUT2D eigenvalue weighted by molar-refractivity contribution is 5.75. The van der Waals surface area contributed by atoms with Crippen LogP contribution in [0.5, 0.6) is 0 Å². The van der Waals surface area contributed by atoms with Crippen LogP contribution in [0.1, 0.15) is 32.3 Å². The molecule has 0 atom stereocenters. The molecule has 2 N–H and O–H groups in total. The number of carboxylic acids is 1. The van der Waals surface area contributed by atoms with Crippen LogP contribution in [-0.2, 0) is 4.79 Å². The van der Waals surface area contributed by atoms with Gasteiger partial charge in [-0.25, -0.2) is 0 Å². The highest BCUT2D eigenvalue weighted by Gasteiger charge is 2.34. The molecule has 0 aliphatic carbocycles. The zero-order chi connectivity index (χ0) is 13.6. The average Bonchev–Trinajstić information content (AvgIpc) is 2.41. The van der Waals surface area contributed by atoms with E-state index in [0.29, 0.717) is 24.9 Å². The number of nitrogens with zero attached hydrogens (tertiary/aromatic N) is 1. The van der Waals surface area contributed by atoms with Gasteiger partial charge in [0.15, 0.2) is 0 Å². The molecule has 0 aromatic heterocycles. The van der Waals surface area contributed by atoms with E-state index in [-0.39, 0.29) is 0 Å². The Morgan fingerprint density at radius 3 is 2.28 bits per heavy atom. The first kappa shape index (κ1) is 14.0. The summed E-state index contributed by atoms with van der Waals surface area (Å²) in [6.45, 7) is 4.16. The Bertz CT molecular complexity index is 442. The maximum absolute atomic E-state index is 11.3. The van der Waals surface area contributed by atoms with Crippen LogP contribution in [0.15, 0.2) is 24.3 Å². The highest BCUT2D eigenvalue weighted by atomic mass is 16.4. The van der Waals surface area contributed by atoms with Crippen LogP contribution in [0.4, 0.5) is 5.69 Å². The molecule has 1 aromatic rings. The summed E-state index contributed by atoms with van der Waals surface area (Å²) in [5.74, 6) is -0.770. The first-order valence-corrected chi connectivity index (χ1v) is 6.05. The predicted molar refractivity (Wildman–Crippen MR) is 70.3 cm³/mol. The van der Waals surface area contributed by atoms with E-state index < -0.39 is 11.4 Å². The van der Waals surface area contributed by atoms with Crippen LogP contribution in [0, 0.1) is 16.7 Å². The van der Waals surface area contributed by atoms with Crippen LogP contribution in [-0.4, -0.2) is 17.6 Å². The number of carboxylic acid groups (broad SMARTS) is 1. The molecular formula is C14H18N2O2. The van der Waals surface area contributed by atoms with E-state index in [2.05, 4.69) is 5.32 Å². The topological polar surface area (TPSA) is 73.1 Å². The third-order valence-electron chi connectivity index (χ3n) is 3.45. The summed E-state index contributed by atoms with van der Waals surface area (Å²) in [4.78, 5) is 11.3. The summed E-state index contributed by atoms with van der Waals surface area (Å²) in [5, 5.41) is 21.1. The quantitative estimate of drug-likeness (QED) is 0.809. The van der Waals surface area contributed by atoms with Crippen LogP contribution in [0.25, 0.3) is 0 Å². The molecule has 0 spiro atoms. The molecule has 4 nitrogen and oxygen atoms in total. The molecular weight excluding hydrogens is 228 g/mol. The van der Waals surface area contributed by atoms with Gasteiger partial charge in [0.05, 0.1) is 17.0 Å². The Morgan fingerprint density at radius 1 is 1.33 bits per heavy atom. The van der Waals surface area contributed by atoms with Crippen molar-refractivity contribution >= 4 is 11.7 Å². The Morgan fingerprint density at radius 2 is 1.89 bits per heavy atom. The second-order valence-electron chi connectivity index (χ2n) is 4.34. The summed E-state index contributed by atoms with van der Waals surface area (Å²) >= 11 is 0. The van der Waals surface area contributed by atoms with Crippen LogP contribution >= 0.6 is 0 Å². The smallest absolute Gasteiger partial charge is 0.311 e. The lowest BCUT2D eigenvalue weighted by molar-refractivity contribution is -0.148. The largest absolute Gasteiger partial charge is 0.481 e. The number of hydrogen-bond donors (Lipinski definition) is 2. The van der Waals surface area contributed by atoms with Crippen LogP contribution < -0.4 is 5.32 Å². The van der Waals surface area contributed by atoms with Crippen molar-refractivity contribution in [3.63, 3.8) is 0 Å². The average molecular weight is 246 g/mol. The number of rotatable bonds is 6. The minimum absolute atomic E-state index is 0.390. The van der Waals surface area contributed by atoms with E-state index in [1.807, 2.05) is 19.9 Å². The van der Waals surface area contributed by atoms with Gasteiger partial charge in [0.25, 0.3) is 0 Å². The van der Waals surface area contributed by atoms with E-state index >= 15 is 0 Å². The van der Waals surface area contributed by atoms with Crippen LogP contribution in [0.2, 0.25) is 0 Å². The molecule has 0 unspecified atom stereocenters. The molecule has 0 bridgehead atoms. The lowest BCUT2D eigenvalue weighted by atomic mass is 9.82. The van der Waals surface area contributed by atoms with Gasteiger partial charge in [-0.1, -0.05) is 13.8 Å². The lowest BCUT2D eigenvalue weighted by Gasteiger charge is -2.27. The van der Waals surface area contributed by atoms with Crippen molar-refractivity contribution in [3.05, 3.63) is 29.8 Å². The molecule has 0 fully saturated rings. The Labute approximate surface area is 107 Å². The molecule has 96 valence electrons. The van der Waals surface area contributed by atoms with Gasteiger partial charge >= 0.3 is 5.97 Å². The van der Waals surface area contributed by atoms with E-state index in [9.17, 15) is 9.90 Å². The fraction of sp³-hybridized carbons (Fsp3) is 0.429. The Hall–Kier alpha value is -2.02. The summed E-state index contributed by atoms with van der Waals surface area (Å²) in [6.07, 6.45) is 1.17. The second kappa shape index (κ2) is 6.06. The molecule has 4 heteroatoms. The van der Waals surface area contributed by atoms with Gasteiger partial charge in [-0.2, -0.15) is 5.26 Å². The normalized spacial score (nSPS) is 10.7. The Balaban J connectivity index is 2.73. The summed E-state index contributed by atoms with van der Waals surface area (Å²) < 4.78 is 0. The zero-order valence-corrected chi connectivity index (χ0v) is 10.7. The minimum Gasteiger partial charge on any atom is -0.481 e. The summed E-state index contributed by atoms with van der Waals surface area (Å²) in [7, 11) is 0. The molecule has 1 rings (SSSR count). The van der Waals surface area contributed by atoms with E-state index in [4.69, 9.17) is 5.26 Å². The SMILES string of the molecule is CCC(CC)(CNc1ccc(C#N)cc1)C(=O)O. The molecule has 0 saturated heterocycles. The van der Waals surface area contributed by atoms with Crippen molar-refractivity contribution in [2.45, 2.75) is 26.7 Å². The molecule has 0 amide bonds. The number of anilines is 1. The fourth-order valence-corrected chi connectivity index (χ4v) is 1.81. The molecule has 0 heterocycles. The number of nitrogens with one attached hydrogen (secondary N) is 1. The molecule has 1 aromatic carbocycles. The number of aliphatic carboxylic acids is 1. The molecule has 0 aliphatic rings. The van der Waals surface area contributed by atoms with Gasteiger partial charge in [0.1, 0.15) is 0 Å². The molecule has 18 heavy (non-hydrogen) atoms. The van der Waals surface area contributed by atoms with E-state index in [1.165, 1.54) is 0 Å². The van der Waals surface area contributed by atoms with Crippen molar-refractivity contribution in [1.29, 1.82) is 5.26 Å². The minimum atomic E-state index is -0.770. The van der Waals surface area contributed by atoms with Gasteiger partial charge in [-0.05, 0) is 37.1 Å². The lowest BCUT2D eigenvalue weighted by Crippen LogP contribution is -2.36. The van der Waals surface area contributed by atoms with Crippen molar-refractivity contribution in [1.82, 2.24) is 0 Å². The number of carbonyl (C=O) groups is 1. The second-order valence-corrected chi connectivity index (χ2v) is 4.34. The van der Waals surface area contributed by atoms with Crippen LogP contribution in [0.3, 0.4) is 0 Å². The van der Waals surface area contributed by atoms with Gasteiger partial charge in [0.2, 0.25) is 0 Å². The third-order valence-corrected chi connectivity index (χ3v) is 3.45. The predicted octanol–water partition coefficient (Wildman–Crippen LogP) is 2.86. The van der Waals surface area contributed by atoms with Crippen molar-refractivity contribution in [3.8, 4) is 6.07 Å². The fourth-order valence-electron chi connectivity index (χ4n) is 1.81. The Kier molecular flexibility index (Phi) is 4.73. The third kappa shape index (κ3) is 3.01. The number of benzene rings is 1. The highest BCUT2D eigenvalue weighted by Crippen LogP contribution is 2.27. The van der Waals surface area contributed by atoms with Gasteiger partial charge in [0, 0.05) is 12.2 Å². The molecule has 0 aliphatic heterocycles. The maximum Gasteiger partial charge on any atom is 0.311 e. The summed E-state index contributed by atoms with van der Waals surface area (Å²) in [6, 6.07) is 9.04. The number of nitriles is 1. The molecule has 0 saturated carbocycles. The standard InChI is InChI=1S/C14H18N2O2/c1-3-14(4-2,13(17)18)10-16-12-7-5-11(9-15)6-8-12/h5-8,16H,3-4,10H2,1-2H3,(H,17,18). The van der Waals surface area contributed by atoms with Gasteiger partial charge < -0.3 is 10.4 Å². The molecule has 0 radical (unpaired) electrons. The van der Waals surface area contributed by atoms with E-state index in [0.717, 1.165) is 5.69 Å². The first-order valence-electron chi connectivity index (χ1n) is 6.05. The van der Waals surface area contributed by atoms with Gasteiger partial charge in [-0.15, -0.1) is 0 Å². The summed E-state index contributed by atoms with van der Waals surface area (Å²) in [5.41, 5.74) is 0.700. The zero-order valence-electron chi connectivity index (χ0n) is 10.7. The van der Waals surface area contributed by atoms with Crippen molar-refractivity contribution in [2.75, 3.05) is 11.9 Å². The van der Waals surface area contributed by atoms with Crippen molar-refractivity contribution in [2.24, 2.45) is 5.41 Å². The maximum atomic E-state index is 11.3. The number of hydrogen-bond acceptors (Lipinski definition) is 3. The van der Waals surface area contributed by atoms with Gasteiger partial charge in [-0.3, -0.25) is 4.79 Å². The monoisotopic (exact) mass is 246 g/mol. The van der Waals surface area contributed by atoms with Crippen molar-refractivity contribution < 1.29 is 9.90 Å². The first-order chi connectivity index (χ1) is 8.57.